The monoisotopic (exact) mass is 394 g/mol. The number of carbonyl (C=O) groups is 1. The van der Waals surface area contributed by atoms with Gasteiger partial charge in [-0.05, 0) is 48.2 Å². The van der Waals surface area contributed by atoms with Gasteiger partial charge in [-0.15, -0.1) is 11.6 Å². The van der Waals surface area contributed by atoms with E-state index in [1.54, 1.807) is 18.2 Å². The van der Waals surface area contributed by atoms with E-state index in [-0.39, 0.29) is 17.9 Å². The minimum atomic E-state index is -0.315. The summed E-state index contributed by atoms with van der Waals surface area (Å²) in [5.74, 6) is 1.91. The zero-order chi connectivity index (χ0) is 19.3. The Morgan fingerprint density at radius 1 is 1.14 bits per heavy atom. The van der Waals surface area contributed by atoms with Crippen LogP contribution in [0, 0.1) is 0 Å². The fourth-order valence-corrected chi connectivity index (χ4v) is 3.24. The number of rotatable bonds is 5. The number of aryl methyl sites for hydroxylation is 1. The first-order chi connectivity index (χ1) is 13.7. The zero-order valence-electron chi connectivity index (χ0n) is 15.1. The highest BCUT2D eigenvalue weighted by atomic mass is 35.5. The van der Waals surface area contributed by atoms with Gasteiger partial charge in [-0.25, -0.2) is 0 Å². The molecule has 0 fully saturated rings. The highest BCUT2D eigenvalue weighted by molar-refractivity contribution is 6.29. The Hall–Kier alpha value is -3.05. The molecule has 2 heterocycles. The van der Waals surface area contributed by atoms with Gasteiger partial charge >= 0.3 is 0 Å². The zero-order valence-corrected chi connectivity index (χ0v) is 15.9. The van der Waals surface area contributed by atoms with Gasteiger partial charge in [0.2, 0.25) is 11.8 Å². The van der Waals surface area contributed by atoms with Crippen LogP contribution in [-0.2, 0) is 11.2 Å². The summed E-state index contributed by atoms with van der Waals surface area (Å²) in [5, 5.41) is 2.61. The molecule has 0 saturated heterocycles. The van der Waals surface area contributed by atoms with Crippen LogP contribution in [0.15, 0.2) is 66.7 Å². The number of nitrogens with zero attached hydrogens (tertiary/aromatic N) is 1. The Labute approximate surface area is 168 Å². The molecule has 28 heavy (non-hydrogen) atoms. The van der Waals surface area contributed by atoms with Crippen molar-refractivity contribution in [3.63, 3.8) is 0 Å². The largest absolute Gasteiger partial charge is 0.485 e. The average Bonchev–Trinajstić information content (AvgIpc) is 2.74. The van der Waals surface area contributed by atoms with Crippen LogP contribution >= 0.6 is 11.6 Å². The normalized spacial score (nSPS) is 15.2. The van der Waals surface area contributed by atoms with Gasteiger partial charge < -0.3 is 14.8 Å². The number of amides is 1. The summed E-state index contributed by atoms with van der Waals surface area (Å²) < 4.78 is 12.0. The number of aromatic nitrogens is 1. The molecule has 5 nitrogen and oxygen atoms in total. The van der Waals surface area contributed by atoms with Crippen LogP contribution in [0.5, 0.6) is 17.4 Å². The second-order valence-corrected chi connectivity index (χ2v) is 6.74. The molecule has 2 aromatic carbocycles. The number of nitrogens with one attached hydrogen (secondary N) is 1. The SMILES string of the molecule is O=C(CCl)Nc1cccc(Oc2ccc3c(c2)CCC(c2ccccc2)O3)n1. The molecule has 0 radical (unpaired) electrons. The molecular weight excluding hydrogens is 376 g/mol. The predicted octanol–water partition coefficient (Wildman–Crippen LogP) is 5.12. The molecule has 4 rings (SSSR count). The van der Waals surface area contributed by atoms with Crippen molar-refractivity contribution in [2.24, 2.45) is 0 Å². The quantitative estimate of drug-likeness (QED) is 0.610. The fraction of sp³-hybridized carbons (Fsp3) is 0.182. The van der Waals surface area contributed by atoms with Crippen LogP contribution in [-0.4, -0.2) is 16.8 Å². The van der Waals surface area contributed by atoms with E-state index in [1.807, 2.05) is 36.4 Å². The van der Waals surface area contributed by atoms with Crippen LogP contribution in [0.2, 0.25) is 0 Å². The number of benzene rings is 2. The van der Waals surface area contributed by atoms with Crippen molar-refractivity contribution in [2.45, 2.75) is 18.9 Å². The lowest BCUT2D eigenvalue weighted by Crippen LogP contribution is -2.15. The third-order valence-electron chi connectivity index (χ3n) is 4.48. The number of fused-ring (bicyclic) bond motifs is 1. The number of anilines is 1. The molecule has 1 atom stereocenters. The van der Waals surface area contributed by atoms with E-state index in [9.17, 15) is 4.79 Å². The highest BCUT2D eigenvalue weighted by Crippen LogP contribution is 2.37. The number of hydrogen-bond donors (Lipinski definition) is 1. The maximum atomic E-state index is 11.4. The van der Waals surface area contributed by atoms with Crippen LogP contribution < -0.4 is 14.8 Å². The van der Waals surface area contributed by atoms with Crippen LogP contribution in [0.1, 0.15) is 23.7 Å². The molecule has 0 spiro atoms. The number of halogens is 1. The summed E-state index contributed by atoms with van der Waals surface area (Å²) in [6, 6.07) is 21.2. The second-order valence-electron chi connectivity index (χ2n) is 6.47. The summed E-state index contributed by atoms with van der Waals surface area (Å²) in [6.07, 6.45) is 1.90. The molecular formula is C22H19ClN2O3. The van der Waals surface area contributed by atoms with Crippen LogP contribution in [0.3, 0.4) is 0 Å². The minimum Gasteiger partial charge on any atom is -0.485 e. The standard InChI is InChI=1S/C22H19ClN2O3/c23-14-21(26)24-20-7-4-8-22(25-20)27-17-10-12-19-16(13-17)9-11-18(28-19)15-5-2-1-3-6-15/h1-8,10,12-13,18H,9,11,14H2,(H,24,25,26). The summed E-state index contributed by atoms with van der Waals surface area (Å²) in [5.41, 5.74) is 2.30. The van der Waals surface area contributed by atoms with Gasteiger partial charge in [0.15, 0.2) is 0 Å². The maximum absolute atomic E-state index is 11.4. The molecule has 1 aliphatic rings. The number of alkyl halides is 1. The Morgan fingerprint density at radius 3 is 2.82 bits per heavy atom. The first kappa shape index (κ1) is 18.3. The lowest BCUT2D eigenvalue weighted by atomic mass is 9.97. The Balaban J connectivity index is 1.47. The van der Waals surface area contributed by atoms with Crippen molar-refractivity contribution in [1.29, 1.82) is 0 Å². The summed E-state index contributed by atoms with van der Waals surface area (Å²) in [6.45, 7) is 0. The summed E-state index contributed by atoms with van der Waals surface area (Å²) in [7, 11) is 0. The summed E-state index contributed by atoms with van der Waals surface area (Å²) in [4.78, 5) is 15.7. The number of hydrogen-bond acceptors (Lipinski definition) is 4. The molecule has 0 bridgehead atoms. The molecule has 1 unspecified atom stereocenters. The Kier molecular flexibility index (Phi) is 5.44. The van der Waals surface area contributed by atoms with Crippen molar-refractivity contribution in [3.05, 3.63) is 77.9 Å². The van der Waals surface area contributed by atoms with Gasteiger partial charge in [0.05, 0.1) is 0 Å². The van der Waals surface area contributed by atoms with E-state index >= 15 is 0 Å². The van der Waals surface area contributed by atoms with Crippen molar-refractivity contribution in [1.82, 2.24) is 4.98 Å². The van der Waals surface area contributed by atoms with E-state index in [2.05, 4.69) is 22.4 Å². The Bertz CT molecular complexity index is 979. The number of pyridine rings is 1. The van der Waals surface area contributed by atoms with Crippen molar-refractivity contribution in [2.75, 3.05) is 11.2 Å². The predicted molar refractivity (Wildman–Crippen MR) is 108 cm³/mol. The Morgan fingerprint density at radius 2 is 2.00 bits per heavy atom. The minimum absolute atomic E-state index is 0.0735. The van der Waals surface area contributed by atoms with E-state index in [1.165, 1.54) is 5.56 Å². The molecule has 6 heteroatoms. The smallest absolute Gasteiger partial charge is 0.240 e. The molecule has 1 N–H and O–H groups in total. The second kappa shape index (κ2) is 8.31. The summed E-state index contributed by atoms with van der Waals surface area (Å²) >= 11 is 5.51. The number of ether oxygens (including phenoxy) is 2. The van der Waals surface area contributed by atoms with Crippen LogP contribution in [0.25, 0.3) is 0 Å². The molecule has 3 aromatic rings. The lowest BCUT2D eigenvalue weighted by molar-refractivity contribution is -0.113. The maximum Gasteiger partial charge on any atom is 0.240 e. The molecule has 1 amide bonds. The topological polar surface area (TPSA) is 60.5 Å². The van der Waals surface area contributed by atoms with Crippen molar-refractivity contribution < 1.29 is 14.3 Å². The fourth-order valence-electron chi connectivity index (χ4n) is 3.17. The van der Waals surface area contributed by atoms with E-state index < -0.39 is 0 Å². The third-order valence-corrected chi connectivity index (χ3v) is 4.73. The molecule has 1 aliphatic heterocycles. The molecule has 0 saturated carbocycles. The van der Waals surface area contributed by atoms with Gasteiger partial charge in [-0.1, -0.05) is 36.4 Å². The van der Waals surface area contributed by atoms with Gasteiger partial charge in [-0.3, -0.25) is 4.79 Å². The van der Waals surface area contributed by atoms with Crippen molar-refractivity contribution >= 4 is 23.3 Å². The third kappa shape index (κ3) is 4.26. The van der Waals surface area contributed by atoms with E-state index in [4.69, 9.17) is 21.1 Å². The van der Waals surface area contributed by atoms with Gasteiger partial charge in [0, 0.05) is 6.07 Å². The van der Waals surface area contributed by atoms with Crippen LogP contribution in [0.4, 0.5) is 5.82 Å². The first-order valence-electron chi connectivity index (χ1n) is 9.06. The average molecular weight is 395 g/mol. The lowest BCUT2D eigenvalue weighted by Gasteiger charge is -2.26. The highest BCUT2D eigenvalue weighted by Gasteiger charge is 2.21. The van der Waals surface area contributed by atoms with Gasteiger partial charge in [0.1, 0.15) is 29.3 Å². The van der Waals surface area contributed by atoms with E-state index in [0.717, 1.165) is 24.2 Å². The van der Waals surface area contributed by atoms with Gasteiger partial charge in [-0.2, -0.15) is 4.98 Å². The van der Waals surface area contributed by atoms with Gasteiger partial charge in [0.25, 0.3) is 0 Å². The molecule has 142 valence electrons. The van der Waals surface area contributed by atoms with E-state index in [0.29, 0.717) is 17.4 Å². The molecule has 0 aliphatic carbocycles. The molecule has 1 aromatic heterocycles. The number of carbonyl (C=O) groups excluding carboxylic acids is 1. The first-order valence-corrected chi connectivity index (χ1v) is 9.60. The van der Waals surface area contributed by atoms with Crippen molar-refractivity contribution in [3.8, 4) is 17.4 Å².